The number of hydrogen-bond donors (Lipinski definition) is 1. The molecule has 0 radical (unpaired) electrons. The number of carbonyl (C=O) groups is 1. The topological polar surface area (TPSA) is 94.2 Å². The molecule has 2 aromatic rings. The van der Waals surface area contributed by atoms with Gasteiger partial charge in [0.25, 0.3) is 5.91 Å². The summed E-state index contributed by atoms with van der Waals surface area (Å²) in [6.45, 7) is 4.02. The summed E-state index contributed by atoms with van der Waals surface area (Å²) in [7, 11) is -3.66. The van der Waals surface area contributed by atoms with Gasteiger partial charge in [-0.25, -0.2) is 8.42 Å². The molecule has 0 unspecified atom stereocenters. The molecule has 1 N–H and O–H groups in total. The van der Waals surface area contributed by atoms with Crippen LogP contribution in [0.4, 0.5) is 5.69 Å². The van der Waals surface area contributed by atoms with Gasteiger partial charge >= 0.3 is 0 Å². The highest BCUT2D eigenvalue weighted by molar-refractivity contribution is 7.89. The van der Waals surface area contributed by atoms with Crippen LogP contribution in [0.25, 0.3) is 0 Å². The van der Waals surface area contributed by atoms with Crippen LogP contribution in [0.1, 0.15) is 15.9 Å². The van der Waals surface area contributed by atoms with Crippen LogP contribution < -0.4 is 14.8 Å². The molecule has 8 nitrogen and oxygen atoms in total. The van der Waals surface area contributed by atoms with Gasteiger partial charge in [0.05, 0.1) is 18.1 Å². The number of ether oxygens (including phenoxy) is 3. The molecule has 4 rings (SSSR count). The van der Waals surface area contributed by atoms with E-state index in [2.05, 4.69) is 5.32 Å². The van der Waals surface area contributed by atoms with E-state index >= 15 is 0 Å². The van der Waals surface area contributed by atoms with E-state index in [1.807, 2.05) is 0 Å². The second-order valence-electron chi connectivity index (χ2n) is 6.81. The molecule has 0 atom stereocenters. The first-order chi connectivity index (χ1) is 13.9. The van der Waals surface area contributed by atoms with Gasteiger partial charge in [-0.2, -0.15) is 4.31 Å². The molecule has 0 aliphatic carbocycles. The molecule has 1 saturated heterocycles. The molecule has 0 spiro atoms. The predicted molar refractivity (Wildman–Crippen MR) is 106 cm³/mol. The molecule has 0 aromatic heterocycles. The normalized spacial score (nSPS) is 17.0. The first kappa shape index (κ1) is 19.7. The molecule has 1 amide bonds. The third kappa shape index (κ3) is 4.07. The second kappa shape index (κ2) is 8.02. The quantitative estimate of drug-likeness (QED) is 0.817. The second-order valence-corrected chi connectivity index (χ2v) is 8.72. The van der Waals surface area contributed by atoms with E-state index in [4.69, 9.17) is 14.2 Å². The number of amides is 1. The number of nitrogens with one attached hydrogen (secondary N) is 1. The van der Waals surface area contributed by atoms with Crippen molar-refractivity contribution in [1.29, 1.82) is 0 Å². The molecule has 9 heteroatoms. The highest BCUT2D eigenvalue weighted by Gasteiger charge is 2.28. The lowest BCUT2D eigenvalue weighted by Crippen LogP contribution is -2.40. The van der Waals surface area contributed by atoms with E-state index in [-0.39, 0.29) is 10.8 Å². The molecule has 1 fully saturated rings. The number of morpholine rings is 1. The minimum atomic E-state index is -3.66. The standard InChI is InChI=1S/C20H22N2O6S/c1-14-2-4-16(13-19(14)29(24,25)22-6-8-26-9-7-22)21-20(23)15-3-5-17-18(12-15)28-11-10-27-17/h2-5,12-13H,6-11H2,1H3,(H,21,23). The van der Waals surface area contributed by atoms with Crippen molar-refractivity contribution in [2.75, 3.05) is 44.8 Å². The number of hydrogen-bond acceptors (Lipinski definition) is 6. The third-order valence-corrected chi connectivity index (χ3v) is 6.88. The van der Waals surface area contributed by atoms with Crippen LogP contribution in [0.2, 0.25) is 0 Å². The number of fused-ring (bicyclic) bond motifs is 1. The van der Waals surface area contributed by atoms with Crippen molar-refractivity contribution in [3.05, 3.63) is 47.5 Å². The van der Waals surface area contributed by atoms with Gasteiger partial charge in [-0.3, -0.25) is 4.79 Å². The molecule has 29 heavy (non-hydrogen) atoms. The molecular weight excluding hydrogens is 396 g/mol. The largest absolute Gasteiger partial charge is 0.486 e. The Labute approximate surface area is 169 Å². The van der Waals surface area contributed by atoms with Crippen LogP contribution in [0.5, 0.6) is 11.5 Å². The van der Waals surface area contributed by atoms with Gasteiger partial charge in [0.2, 0.25) is 10.0 Å². The van der Waals surface area contributed by atoms with Gasteiger partial charge in [0, 0.05) is 24.3 Å². The molecule has 0 saturated carbocycles. The Morgan fingerprint density at radius 3 is 2.45 bits per heavy atom. The summed E-state index contributed by atoms with van der Waals surface area (Å²) in [5.41, 5.74) is 1.42. The summed E-state index contributed by atoms with van der Waals surface area (Å²) in [5, 5.41) is 2.76. The maximum atomic E-state index is 13.0. The molecule has 2 aliphatic heterocycles. The van der Waals surface area contributed by atoms with Crippen LogP contribution in [-0.2, 0) is 14.8 Å². The lowest BCUT2D eigenvalue weighted by atomic mass is 10.1. The Morgan fingerprint density at radius 1 is 0.966 bits per heavy atom. The first-order valence-electron chi connectivity index (χ1n) is 9.35. The van der Waals surface area contributed by atoms with E-state index in [0.717, 1.165) is 0 Å². The number of anilines is 1. The summed E-state index contributed by atoms with van der Waals surface area (Å²) in [5.74, 6) is 0.756. The third-order valence-electron chi connectivity index (χ3n) is 4.84. The van der Waals surface area contributed by atoms with E-state index in [1.54, 1.807) is 37.3 Å². The van der Waals surface area contributed by atoms with Crippen LogP contribution in [0, 0.1) is 6.92 Å². The smallest absolute Gasteiger partial charge is 0.255 e. The van der Waals surface area contributed by atoms with Crippen molar-refractivity contribution in [1.82, 2.24) is 4.31 Å². The number of benzene rings is 2. The Hall–Kier alpha value is -2.62. The fourth-order valence-corrected chi connectivity index (χ4v) is 4.93. The average Bonchev–Trinajstić information content (AvgIpc) is 2.75. The van der Waals surface area contributed by atoms with E-state index < -0.39 is 10.0 Å². The minimum Gasteiger partial charge on any atom is -0.486 e. The van der Waals surface area contributed by atoms with Gasteiger partial charge < -0.3 is 19.5 Å². The fraction of sp³-hybridized carbons (Fsp3) is 0.350. The zero-order valence-corrected chi connectivity index (χ0v) is 16.8. The number of rotatable bonds is 4. The first-order valence-corrected chi connectivity index (χ1v) is 10.8. The Morgan fingerprint density at radius 2 is 1.69 bits per heavy atom. The monoisotopic (exact) mass is 418 g/mol. The van der Waals surface area contributed by atoms with Crippen molar-refractivity contribution < 1.29 is 27.4 Å². The van der Waals surface area contributed by atoms with Crippen molar-refractivity contribution in [3.63, 3.8) is 0 Å². The van der Waals surface area contributed by atoms with Crippen molar-refractivity contribution in [3.8, 4) is 11.5 Å². The molecule has 154 valence electrons. The number of aryl methyl sites for hydroxylation is 1. The van der Waals surface area contributed by atoms with Gasteiger partial charge in [0.1, 0.15) is 13.2 Å². The molecular formula is C20H22N2O6S. The molecule has 2 heterocycles. The van der Waals surface area contributed by atoms with Crippen molar-refractivity contribution in [2.24, 2.45) is 0 Å². The molecule has 2 aromatic carbocycles. The van der Waals surface area contributed by atoms with Crippen LogP contribution in [0.15, 0.2) is 41.3 Å². The number of nitrogens with zero attached hydrogens (tertiary/aromatic N) is 1. The average molecular weight is 418 g/mol. The Balaban J connectivity index is 1.57. The number of carbonyl (C=O) groups excluding carboxylic acids is 1. The van der Waals surface area contributed by atoms with Crippen LogP contribution in [-0.4, -0.2) is 58.1 Å². The Kier molecular flexibility index (Phi) is 5.44. The lowest BCUT2D eigenvalue weighted by Gasteiger charge is -2.26. The minimum absolute atomic E-state index is 0.180. The zero-order chi connectivity index (χ0) is 20.4. The SMILES string of the molecule is Cc1ccc(NC(=O)c2ccc3c(c2)OCCO3)cc1S(=O)(=O)N1CCOCC1. The summed E-state index contributed by atoms with van der Waals surface area (Å²) in [6.07, 6.45) is 0. The van der Waals surface area contributed by atoms with E-state index in [0.29, 0.717) is 67.8 Å². The van der Waals surface area contributed by atoms with Gasteiger partial charge in [-0.1, -0.05) is 6.07 Å². The molecule has 2 aliphatic rings. The van der Waals surface area contributed by atoms with Crippen LogP contribution in [0.3, 0.4) is 0 Å². The van der Waals surface area contributed by atoms with E-state index in [1.165, 1.54) is 10.4 Å². The van der Waals surface area contributed by atoms with Gasteiger partial charge in [-0.15, -0.1) is 0 Å². The summed E-state index contributed by atoms with van der Waals surface area (Å²) in [6, 6.07) is 9.81. The molecule has 0 bridgehead atoms. The van der Waals surface area contributed by atoms with Gasteiger partial charge in [-0.05, 0) is 42.8 Å². The maximum Gasteiger partial charge on any atom is 0.255 e. The lowest BCUT2D eigenvalue weighted by molar-refractivity contribution is 0.0730. The van der Waals surface area contributed by atoms with Gasteiger partial charge in [0.15, 0.2) is 11.5 Å². The summed E-state index contributed by atoms with van der Waals surface area (Å²) >= 11 is 0. The summed E-state index contributed by atoms with van der Waals surface area (Å²) in [4.78, 5) is 12.8. The maximum absolute atomic E-state index is 13.0. The van der Waals surface area contributed by atoms with E-state index in [9.17, 15) is 13.2 Å². The van der Waals surface area contributed by atoms with Crippen molar-refractivity contribution >= 4 is 21.6 Å². The Bertz CT molecular complexity index is 1030. The zero-order valence-electron chi connectivity index (χ0n) is 16.0. The van der Waals surface area contributed by atoms with Crippen LogP contribution >= 0.6 is 0 Å². The summed E-state index contributed by atoms with van der Waals surface area (Å²) < 4.78 is 43.6. The highest BCUT2D eigenvalue weighted by Crippen LogP contribution is 2.31. The predicted octanol–water partition coefficient (Wildman–Crippen LogP) is 2.04. The highest BCUT2D eigenvalue weighted by atomic mass is 32.2. The number of sulfonamides is 1. The fourth-order valence-electron chi connectivity index (χ4n) is 3.27. The van der Waals surface area contributed by atoms with Crippen molar-refractivity contribution in [2.45, 2.75) is 11.8 Å².